The van der Waals surface area contributed by atoms with Crippen LogP contribution in [0.5, 0.6) is 0 Å². The molecule has 2 atom stereocenters. The minimum absolute atomic E-state index is 0.157. The fourth-order valence-corrected chi connectivity index (χ4v) is 5.35. The lowest BCUT2D eigenvalue weighted by Crippen LogP contribution is -2.44. The molecule has 3 rings (SSSR count). The number of benzene rings is 1. The summed E-state index contributed by atoms with van der Waals surface area (Å²) in [5, 5.41) is 6.79. The van der Waals surface area contributed by atoms with Gasteiger partial charge in [-0.3, -0.25) is 4.99 Å². The lowest BCUT2D eigenvalue weighted by Gasteiger charge is -2.20. The zero-order chi connectivity index (χ0) is 17.7. The Bertz CT molecular complexity index is 690. The van der Waals surface area contributed by atoms with Gasteiger partial charge in [0.2, 0.25) is 0 Å². The van der Waals surface area contributed by atoms with Crippen molar-refractivity contribution in [3.63, 3.8) is 0 Å². The summed E-state index contributed by atoms with van der Waals surface area (Å²) in [6.45, 7) is 5.39. The highest BCUT2D eigenvalue weighted by Crippen LogP contribution is 2.20. The van der Waals surface area contributed by atoms with Gasteiger partial charge in [-0.25, -0.2) is 8.42 Å². The number of aliphatic imine (C=N–C) groups is 1. The molecule has 0 saturated carbocycles. The number of sulfone groups is 1. The quantitative estimate of drug-likeness (QED) is 0.608. The molecule has 25 heavy (non-hydrogen) atoms. The summed E-state index contributed by atoms with van der Waals surface area (Å²) in [5.74, 6) is 1.55. The number of guanidine groups is 1. The third-order valence-corrected chi connectivity index (χ3v) is 6.67. The maximum absolute atomic E-state index is 11.6. The molecule has 2 aliphatic heterocycles. The molecule has 0 aromatic heterocycles. The van der Waals surface area contributed by atoms with Crippen LogP contribution in [0.15, 0.2) is 35.3 Å². The Hall–Kier alpha value is -1.76. The van der Waals surface area contributed by atoms with Crippen molar-refractivity contribution in [2.24, 2.45) is 10.9 Å². The largest absolute Gasteiger partial charge is 0.369 e. The van der Waals surface area contributed by atoms with Crippen molar-refractivity contribution >= 4 is 21.5 Å². The van der Waals surface area contributed by atoms with E-state index in [0.29, 0.717) is 18.3 Å². The highest BCUT2D eigenvalue weighted by atomic mass is 32.2. The van der Waals surface area contributed by atoms with Crippen molar-refractivity contribution in [3.8, 4) is 0 Å². The fourth-order valence-electron chi connectivity index (χ4n) is 3.50. The van der Waals surface area contributed by atoms with Crippen molar-refractivity contribution < 1.29 is 8.42 Å². The summed E-state index contributed by atoms with van der Waals surface area (Å²) < 4.78 is 23.2. The van der Waals surface area contributed by atoms with Crippen LogP contribution in [-0.4, -0.2) is 58.1 Å². The molecule has 2 fully saturated rings. The lowest BCUT2D eigenvalue weighted by molar-refractivity contribution is 0.586. The average Bonchev–Trinajstić information content (AvgIpc) is 3.20. The Balaban J connectivity index is 1.54. The predicted molar refractivity (Wildman–Crippen MR) is 103 cm³/mol. The fraction of sp³-hybridized carbons (Fsp3) is 0.611. The standard InChI is InChI=1S/C18H28N4O2S/c1-2-19-18(20-12-15-9-11-25(23,24)14-15)21-16-8-10-22(13-16)17-6-4-3-5-7-17/h3-7,15-16H,2,8-14H2,1H3,(H2,19,20,21). The van der Waals surface area contributed by atoms with Crippen LogP contribution < -0.4 is 15.5 Å². The van der Waals surface area contributed by atoms with Gasteiger partial charge in [0.1, 0.15) is 0 Å². The van der Waals surface area contributed by atoms with E-state index in [2.05, 4.69) is 44.8 Å². The molecule has 2 heterocycles. The SMILES string of the molecule is CCNC(=NCC1CCS(=O)(=O)C1)NC1CCN(c2ccccc2)C1. The highest BCUT2D eigenvalue weighted by molar-refractivity contribution is 7.91. The molecule has 1 aromatic carbocycles. The maximum atomic E-state index is 11.6. The number of hydrogen-bond donors (Lipinski definition) is 2. The number of nitrogens with zero attached hydrogens (tertiary/aromatic N) is 2. The smallest absolute Gasteiger partial charge is 0.191 e. The summed E-state index contributed by atoms with van der Waals surface area (Å²) in [5.41, 5.74) is 1.25. The first kappa shape index (κ1) is 18.0. The van der Waals surface area contributed by atoms with E-state index < -0.39 is 9.84 Å². The van der Waals surface area contributed by atoms with Gasteiger partial charge in [0.05, 0.1) is 11.5 Å². The van der Waals surface area contributed by atoms with Gasteiger partial charge in [-0.05, 0) is 37.8 Å². The van der Waals surface area contributed by atoms with Crippen LogP contribution in [0.1, 0.15) is 19.8 Å². The monoisotopic (exact) mass is 364 g/mol. The molecule has 6 nitrogen and oxygen atoms in total. The number of hydrogen-bond acceptors (Lipinski definition) is 4. The summed E-state index contributed by atoms with van der Waals surface area (Å²) in [6.07, 6.45) is 1.80. The molecule has 2 saturated heterocycles. The van der Waals surface area contributed by atoms with E-state index in [9.17, 15) is 8.42 Å². The topological polar surface area (TPSA) is 73.8 Å². The van der Waals surface area contributed by atoms with E-state index in [4.69, 9.17) is 0 Å². The first-order valence-electron chi connectivity index (χ1n) is 9.11. The normalized spacial score (nSPS) is 26.0. The van der Waals surface area contributed by atoms with Crippen LogP contribution in [-0.2, 0) is 9.84 Å². The van der Waals surface area contributed by atoms with Gasteiger partial charge in [-0.1, -0.05) is 18.2 Å². The number of nitrogens with one attached hydrogen (secondary N) is 2. The van der Waals surface area contributed by atoms with Gasteiger partial charge >= 0.3 is 0 Å². The summed E-state index contributed by atoms with van der Waals surface area (Å²) in [7, 11) is -2.83. The number of rotatable bonds is 5. The first-order valence-corrected chi connectivity index (χ1v) is 10.9. The molecule has 7 heteroatoms. The van der Waals surface area contributed by atoms with Crippen LogP contribution in [0.2, 0.25) is 0 Å². The van der Waals surface area contributed by atoms with Gasteiger partial charge in [-0.15, -0.1) is 0 Å². The van der Waals surface area contributed by atoms with Crippen LogP contribution in [0.3, 0.4) is 0 Å². The first-order chi connectivity index (χ1) is 12.1. The summed E-state index contributed by atoms with van der Waals surface area (Å²) in [6, 6.07) is 10.8. The Labute approximate surface area is 150 Å². The Morgan fingerprint density at radius 1 is 1.28 bits per heavy atom. The predicted octanol–water partition coefficient (Wildman–Crippen LogP) is 1.26. The Morgan fingerprint density at radius 3 is 2.76 bits per heavy atom. The molecule has 0 bridgehead atoms. The lowest BCUT2D eigenvalue weighted by atomic mass is 10.1. The summed E-state index contributed by atoms with van der Waals surface area (Å²) >= 11 is 0. The summed E-state index contributed by atoms with van der Waals surface area (Å²) in [4.78, 5) is 7.01. The third-order valence-electron chi connectivity index (χ3n) is 4.83. The number of anilines is 1. The van der Waals surface area contributed by atoms with E-state index in [1.165, 1.54) is 5.69 Å². The maximum Gasteiger partial charge on any atom is 0.191 e. The molecule has 1 aromatic rings. The van der Waals surface area contributed by atoms with E-state index >= 15 is 0 Å². The van der Waals surface area contributed by atoms with E-state index in [0.717, 1.165) is 38.4 Å². The average molecular weight is 365 g/mol. The minimum atomic E-state index is -2.83. The van der Waals surface area contributed by atoms with Crippen molar-refractivity contribution in [2.75, 3.05) is 42.6 Å². The van der Waals surface area contributed by atoms with Crippen LogP contribution >= 0.6 is 0 Å². The second-order valence-corrected chi connectivity index (χ2v) is 9.13. The van der Waals surface area contributed by atoms with Gasteiger partial charge < -0.3 is 15.5 Å². The van der Waals surface area contributed by atoms with Crippen LogP contribution in [0.25, 0.3) is 0 Å². The number of para-hydroxylation sites is 1. The zero-order valence-electron chi connectivity index (χ0n) is 14.8. The minimum Gasteiger partial charge on any atom is -0.369 e. The van der Waals surface area contributed by atoms with Crippen molar-refractivity contribution in [2.45, 2.75) is 25.8 Å². The Morgan fingerprint density at radius 2 is 2.08 bits per heavy atom. The van der Waals surface area contributed by atoms with Crippen LogP contribution in [0.4, 0.5) is 5.69 Å². The van der Waals surface area contributed by atoms with Crippen molar-refractivity contribution in [1.29, 1.82) is 0 Å². The second-order valence-electron chi connectivity index (χ2n) is 6.90. The van der Waals surface area contributed by atoms with Gasteiger partial charge in [0.15, 0.2) is 15.8 Å². The molecular formula is C18H28N4O2S. The molecule has 0 radical (unpaired) electrons. The van der Waals surface area contributed by atoms with E-state index in [1.807, 2.05) is 13.0 Å². The molecule has 0 aliphatic carbocycles. The molecule has 2 N–H and O–H groups in total. The van der Waals surface area contributed by atoms with E-state index in [1.54, 1.807) is 0 Å². The zero-order valence-corrected chi connectivity index (χ0v) is 15.6. The second kappa shape index (κ2) is 8.08. The molecule has 2 unspecified atom stereocenters. The highest BCUT2D eigenvalue weighted by Gasteiger charge is 2.28. The van der Waals surface area contributed by atoms with E-state index in [-0.39, 0.29) is 11.7 Å². The van der Waals surface area contributed by atoms with Crippen LogP contribution in [0, 0.1) is 5.92 Å². The van der Waals surface area contributed by atoms with Gasteiger partial charge in [-0.2, -0.15) is 0 Å². The molecular weight excluding hydrogens is 336 g/mol. The Kier molecular flexibility index (Phi) is 5.83. The molecule has 0 amide bonds. The molecule has 0 spiro atoms. The van der Waals surface area contributed by atoms with Gasteiger partial charge in [0, 0.05) is 37.9 Å². The molecule has 138 valence electrons. The third kappa shape index (κ3) is 5.11. The van der Waals surface area contributed by atoms with Crippen molar-refractivity contribution in [1.82, 2.24) is 10.6 Å². The van der Waals surface area contributed by atoms with Crippen molar-refractivity contribution in [3.05, 3.63) is 30.3 Å². The van der Waals surface area contributed by atoms with Gasteiger partial charge in [0.25, 0.3) is 0 Å². The molecule has 2 aliphatic rings.